The molecule has 0 saturated carbocycles. The third-order valence-electron chi connectivity index (χ3n) is 2.10. The summed E-state index contributed by atoms with van der Waals surface area (Å²) in [6, 6.07) is 6.68. The fourth-order valence-electron chi connectivity index (χ4n) is 1.08. The molecular formula is C11H13F3N2O2. The molecule has 0 heterocycles. The van der Waals surface area contributed by atoms with Crippen LogP contribution in [0.15, 0.2) is 30.3 Å². The van der Waals surface area contributed by atoms with Crippen LogP contribution in [0.5, 0.6) is 0 Å². The first-order chi connectivity index (χ1) is 8.39. The summed E-state index contributed by atoms with van der Waals surface area (Å²) >= 11 is 0. The molecule has 0 radical (unpaired) electrons. The van der Waals surface area contributed by atoms with Crippen molar-refractivity contribution in [3.8, 4) is 0 Å². The van der Waals surface area contributed by atoms with E-state index >= 15 is 0 Å². The van der Waals surface area contributed by atoms with Crippen LogP contribution in [0.3, 0.4) is 0 Å². The fourth-order valence-corrected chi connectivity index (χ4v) is 1.08. The van der Waals surface area contributed by atoms with Crippen LogP contribution in [0, 0.1) is 0 Å². The molecule has 0 aliphatic heterocycles. The second-order valence-electron chi connectivity index (χ2n) is 3.59. The van der Waals surface area contributed by atoms with Gasteiger partial charge in [0, 0.05) is 6.54 Å². The maximum Gasteiger partial charge on any atom is 0.407 e. The highest BCUT2D eigenvalue weighted by atomic mass is 19.4. The van der Waals surface area contributed by atoms with Crippen LogP contribution in [0.4, 0.5) is 18.0 Å². The molecule has 1 atom stereocenters. The second kappa shape index (κ2) is 6.25. The lowest BCUT2D eigenvalue weighted by atomic mass is 10.2. The molecule has 0 saturated heterocycles. The molecule has 1 aromatic carbocycles. The maximum absolute atomic E-state index is 12.0. The van der Waals surface area contributed by atoms with E-state index in [1.165, 1.54) is 0 Å². The molecule has 0 spiro atoms. The quantitative estimate of drug-likeness (QED) is 0.869. The highest BCUT2D eigenvalue weighted by Gasteiger charge is 2.36. The van der Waals surface area contributed by atoms with Gasteiger partial charge in [0.1, 0.15) is 12.6 Å². The van der Waals surface area contributed by atoms with Gasteiger partial charge in [0.15, 0.2) is 0 Å². The Morgan fingerprint density at radius 2 is 1.94 bits per heavy atom. The van der Waals surface area contributed by atoms with E-state index in [2.05, 4.69) is 0 Å². The van der Waals surface area contributed by atoms with Crippen LogP contribution >= 0.6 is 0 Å². The van der Waals surface area contributed by atoms with Crippen LogP contribution in [-0.2, 0) is 11.3 Å². The van der Waals surface area contributed by atoms with Gasteiger partial charge in [-0.3, -0.25) is 0 Å². The van der Waals surface area contributed by atoms with E-state index < -0.39 is 24.9 Å². The Morgan fingerprint density at radius 3 is 2.50 bits per heavy atom. The van der Waals surface area contributed by atoms with Gasteiger partial charge in [-0.25, -0.2) is 4.79 Å². The summed E-state index contributed by atoms with van der Waals surface area (Å²) in [5, 5.41) is 1.95. The van der Waals surface area contributed by atoms with E-state index in [4.69, 9.17) is 10.5 Å². The van der Waals surface area contributed by atoms with E-state index in [1.807, 2.05) is 5.32 Å². The number of carbonyl (C=O) groups excluding carboxylic acids is 1. The fraction of sp³-hybridized carbons (Fsp3) is 0.364. The number of halogens is 3. The Labute approximate surface area is 102 Å². The third kappa shape index (κ3) is 5.05. The van der Waals surface area contributed by atoms with E-state index in [-0.39, 0.29) is 6.61 Å². The zero-order valence-electron chi connectivity index (χ0n) is 9.41. The molecule has 0 aliphatic rings. The van der Waals surface area contributed by atoms with Crippen molar-refractivity contribution in [2.24, 2.45) is 5.73 Å². The monoisotopic (exact) mass is 262 g/mol. The smallest absolute Gasteiger partial charge is 0.407 e. The summed E-state index contributed by atoms with van der Waals surface area (Å²) in [5.41, 5.74) is 5.55. The first-order valence-electron chi connectivity index (χ1n) is 5.16. The molecule has 0 fully saturated rings. The average molecular weight is 262 g/mol. The van der Waals surface area contributed by atoms with E-state index in [0.29, 0.717) is 0 Å². The lowest BCUT2D eigenvalue weighted by Gasteiger charge is -2.15. The SMILES string of the molecule is NC(CNC(=O)OCc1ccccc1)C(F)(F)F. The summed E-state index contributed by atoms with van der Waals surface area (Å²) in [5.74, 6) is 0. The van der Waals surface area contributed by atoms with Crippen molar-refractivity contribution < 1.29 is 22.7 Å². The molecule has 0 aliphatic carbocycles. The Morgan fingerprint density at radius 1 is 1.33 bits per heavy atom. The Hall–Kier alpha value is -1.76. The molecule has 0 aromatic heterocycles. The van der Waals surface area contributed by atoms with Crippen molar-refractivity contribution in [1.29, 1.82) is 0 Å². The van der Waals surface area contributed by atoms with Gasteiger partial charge in [0.25, 0.3) is 0 Å². The topological polar surface area (TPSA) is 64.3 Å². The molecule has 0 bridgehead atoms. The van der Waals surface area contributed by atoms with Gasteiger partial charge in [-0.2, -0.15) is 13.2 Å². The van der Waals surface area contributed by atoms with Crippen LogP contribution in [0.1, 0.15) is 5.56 Å². The predicted molar refractivity (Wildman–Crippen MR) is 58.7 cm³/mol. The summed E-state index contributed by atoms with van der Waals surface area (Å²) < 4.78 is 40.8. The van der Waals surface area contributed by atoms with Gasteiger partial charge in [0.2, 0.25) is 0 Å². The molecule has 100 valence electrons. The molecule has 7 heteroatoms. The zero-order valence-corrected chi connectivity index (χ0v) is 9.41. The van der Waals surface area contributed by atoms with Crippen molar-refractivity contribution in [3.63, 3.8) is 0 Å². The van der Waals surface area contributed by atoms with Gasteiger partial charge in [-0.05, 0) is 5.56 Å². The molecule has 4 nitrogen and oxygen atoms in total. The van der Waals surface area contributed by atoms with Gasteiger partial charge in [-0.15, -0.1) is 0 Å². The van der Waals surface area contributed by atoms with E-state index in [0.717, 1.165) is 5.56 Å². The number of benzene rings is 1. The second-order valence-corrected chi connectivity index (χ2v) is 3.59. The predicted octanol–water partition coefficient (Wildman–Crippen LogP) is 1.80. The van der Waals surface area contributed by atoms with Crippen LogP contribution in [0.2, 0.25) is 0 Å². The van der Waals surface area contributed by atoms with Crippen molar-refractivity contribution in [2.45, 2.75) is 18.8 Å². The van der Waals surface area contributed by atoms with E-state index in [9.17, 15) is 18.0 Å². The number of nitrogens with one attached hydrogen (secondary N) is 1. The summed E-state index contributed by atoms with van der Waals surface area (Å²) in [6.07, 6.45) is -5.47. The summed E-state index contributed by atoms with van der Waals surface area (Å²) in [6.45, 7) is -0.717. The number of hydrogen-bond acceptors (Lipinski definition) is 3. The number of ether oxygens (including phenoxy) is 1. The lowest BCUT2D eigenvalue weighted by molar-refractivity contribution is -0.146. The minimum atomic E-state index is -4.54. The maximum atomic E-state index is 12.0. The van der Waals surface area contributed by atoms with Crippen LogP contribution in [-0.4, -0.2) is 24.9 Å². The molecule has 1 aromatic rings. The van der Waals surface area contributed by atoms with Crippen LogP contribution < -0.4 is 11.1 Å². The number of hydrogen-bond donors (Lipinski definition) is 2. The molecule has 1 rings (SSSR count). The van der Waals surface area contributed by atoms with Crippen molar-refractivity contribution in [3.05, 3.63) is 35.9 Å². The molecule has 3 N–H and O–H groups in total. The standard InChI is InChI=1S/C11H13F3N2O2/c12-11(13,14)9(15)6-16-10(17)18-7-8-4-2-1-3-5-8/h1-5,9H,6-7,15H2,(H,16,17). The molecular weight excluding hydrogens is 249 g/mol. The van der Waals surface area contributed by atoms with Gasteiger partial charge in [-0.1, -0.05) is 30.3 Å². The summed E-state index contributed by atoms with van der Waals surface area (Å²) in [7, 11) is 0. The minimum absolute atomic E-state index is 0.00602. The van der Waals surface area contributed by atoms with E-state index in [1.54, 1.807) is 30.3 Å². The Bertz CT molecular complexity index is 382. The Kier molecular flexibility index (Phi) is 4.96. The van der Waals surface area contributed by atoms with Gasteiger partial charge < -0.3 is 15.8 Å². The van der Waals surface area contributed by atoms with Crippen molar-refractivity contribution in [1.82, 2.24) is 5.32 Å². The first-order valence-corrected chi connectivity index (χ1v) is 5.16. The Balaban J connectivity index is 2.27. The number of amides is 1. The average Bonchev–Trinajstić information content (AvgIpc) is 2.33. The van der Waals surface area contributed by atoms with Crippen molar-refractivity contribution >= 4 is 6.09 Å². The summed E-state index contributed by atoms with van der Waals surface area (Å²) in [4.78, 5) is 11.1. The number of alkyl halides is 3. The van der Waals surface area contributed by atoms with Crippen molar-refractivity contribution in [2.75, 3.05) is 6.54 Å². The molecule has 1 unspecified atom stereocenters. The lowest BCUT2D eigenvalue weighted by Crippen LogP contribution is -2.46. The van der Waals surface area contributed by atoms with Gasteiger partial charge >= 0.3 is 12.3 Å². The number of nitrogens with two attached hydrogens (primary N) is 1. The largest absolute Gasteiger partial charge is 0.445 e. The number of alkyl carbamates (subject to hydrolysis) is 1. The first kappa shape index (κ1) is 14.3. The number of carbonyl (C=O) groups is 1. The normalized spacial score (nSPS) is 12.9. The van der Waals surface area contributed by atoms with Crippen LogP contribution in [0.25, 0.3) is 0 Å². The zero-order chi connectivity index (χ0) is 13.6. The third-order valence-corrected chi connectivity index (χ3v) is 2.10. The number of rotatable bonds is 4. The highest BCUT2D eigenvalue weighted by molar-refractivity contribution is 5.67. The molecule has 18 heavy (non-hydrogen) atoms. The molecule has 1 amide bonds. The van der Waals surface area contributed by atoms with Gasteiger partial charge in [0.05, 0.1) is 0 Å². The minimum Gasteiger partial charge on any atom is -0.445 e. The highest BCUT2D eigenvalue weighted by Crippen LogP contribution is 2.17.